The number of hydrogen-bond donors (Lipinski definition) is 2. The van der Waals surface area contributed by atoms with Gasteiger partial charge in [0, 0.05) is 10.0 Å². The molecule has 1 saturated heterocycles. The third-order valence-electron chi connectivity index (χ3n) is 4.14. The molecule has 136 valence electrons. The van der Waals surface area contributed by atoms with Crippen molar-refractivity contribution in [2.45, 2.75) is 23.9 Å². The average molecular weight is 439 g/mol. The van der Waals surface area contributed by atoms with E-state index in [1.165, 1.54) is 17.0 Å². The smallest absolute Gasteiger partial charge is 0.292 e. The number of amides is 2. The molecule has 0 radical (unpaired) electrons. The number of halogens is 1. The number of sulfonamides is 1. The van der Waals surface area contributed by atoms with Crippen LogP contribution in [-0.2, 0) is 26.2 Å². The predicted molar refractivity (Wildman–Crippen MR) is 98.5 cm³/mol. The zero-order valence-corrected chi connectivity index (χ0v) is 16.0. The maximum atomic E-state index is 12.6. The quantitative estimate of drug-likeness (QED) is 0.660. The van der Waals surface area contributed by atoms with Crippen molar-refractivity contribution >= 4 is 43.5 Å². The first-order valence-corrected chi connectivity index (χ1v) is 10.2. The molecule has 26 heavy (non-hydrogen) atoms. The minimum atomic E-state index is -3.73. The maximum absolute atomic E-state index is 12.6. The first kappa shape index (κ1) is 18.7. The van der Waals surface area contributed by atoms with Gasteiger partial charge >= 0.3 is 0 Å². The van der Waals surface area contributed by atoms with Crippen molar-refractivity contribution in [3.05, 3.63) is 58.6 Å². The van der Waals surface area contributed by atoms with E-state index in [-0.39, 0.29) is 23.1 Å². The van der Waals surface area contributed by atoms with E-state index >= 15 is 0 Å². The Morgan fingerprint density at radius 2 is 1.85 bits per heavy atom. The van der Waals surface area contributed by atoms with Crippen LogP contribution in [0.5, 0.6) is 0 Å². The molecule has 9 heteroatoms. The summed E-state index contributed by atoms with van der Waals surface area (Å²) in [5, 5.41) is 6.85. The number of imide groups is 1. The molecule has 0 saturated carbocycles. The van der Waals surface area contributed by atoms with E-state index in [1.54, 1.807) is 35.6 Å². The van der Waals surface area contributed by atoms with Gasteiger partial charge in [-0.05, 0) is 30.3 Å². The van der Waals surface area contributed by atoms with Crippen LogP contribution in [0.25, 0.3) is 0 Å². The number of quaternary nitrogens is 1. The van der Waals surface area contributed by atoms with Gasteiger partial charge in [-0.2, -0.15) is 0 Å². The van der Waals surface area contributed by atoms with Gasteiger partial charge in [-0.15, -0.1) is 0 Å². The molecule has 1 heterocycles. The fraction of sp³-hybridized carbons (Fsp3) is 0.176. The summed E-state index contributed by atoms with van der Waals surface area (Å²) in [6.45, 7) is 0.445. The molecule has 0 aliphatic carbocycles. The Morgan fingerprint density at radius 1 is 1.15 bits per heavy atom. The van der Waals surface area contributed by atoms with Crippen molar-refractivity contribution in [2.24, 2.45) is 5.14 Å². The SMILES string of the molecule is NS(=O)(=O)c1ccc(C[NH2+][C@H]2CC(=O)N(c3cccc(Br)c3)C2=O)cc1. The molecule has 2 amide bonds. The van der Waals surface area contributed by atoms with Crippen LogP contribution in [0.4, 0.5) is 5.69 Å². The number of primary sulfonamides is 1. The third-order valence-corrected chi connectivity index (χ3v) is 5.56. The van der Waals surface area contributed by atoms with Crippen LogP contribution in [-0.4, -0.2) is 26.3 Å². The molecule has 0 aromatic heterocycles. The van der Waals surface area contributed by atoms with Gasteiger partial charge in [-0.1, -0.05) is 34.1 Å². The summed E-state index contributed by atoms with van der Waals surface area (Å²) in [4.78, 5) is 26.1. The van der Waals surface area contributed by atoms with Crippen molar-refractivity contribution < 1.29 is 23.3 Å². The standard InChI is InChI=1S/C17H16BrN3O4S/c18-12-2-1-3-13(8-12)21-16(22)9-15(17(21)23)20-10-11-4-6-14(7-5-11)26(19,24)25/h1-8,15,20H,9-10H2,(H2,19,24,25)/p+1/t15-/m0/s1. The van der Waals surface area contributed by atoms with Gasteiger partial charge < -0.3 is 5.32 Å². The van der Waals surface area contributed by atoms with E-state index in [0.717, 1.165) is 10.0 Å². The first-order valence-electron chi connectivity index (χ1n) is 7.83. The molecular formula is C17H17BrN3O4S+. The molecule has 0 spiro atoms. The van der Waals surface area contributed by atoms with Gasteiger partial charge in [0.15, 0.2) is 6.04 Å². The molecule has 2 aromatic carbocycles. The zero-order valence-electron chi connectivity index (χ0n) is 13.6. The maximum Gasteiger partial charge on any atom is 0.292 e. The third kappa shape index (κ3) is 4.01. The monoisotopic (exact) mass is 438 g/mol. The number of hydrogen-bond acceptors (Lipinski definition) is 4. The zero-order chi connectivity index (χ0) is 18.9. The fourth-order valence-corrected chi connectivity index (χ4v) is 3.72. The van der Waals surface area contributed by atoms with Crippen molar-refractivity contribution in [2.75, 3.05) is 4.90 Å². The molecule has 0 bridgehead atoms. The van der Waals surface area contributed by atoms with Gasteiger partial charge in [0.2, 0.25) is 15.9 Å². The van der Waals surface area contributed by atoms with Crippen molar-refractivity contribution in [3.8, 4) is 0 Å². The molecule has 1 fully saturated rings. The number of rotatable bonds is 5. The van der Waals surface area contributed by atoms with Gasteiger partial charge in [0.1, 0.15) is 6.54 Å². The van der Waals surface area contributed by atoms with Crippen LogP contribution < -0.4 is 15.4 Å². The van der Waals surface area contributed by atoms with E-state index in [9.17, 15) is 18.0 Å². The van der Waals surface area contributed by atoms with E-state index in [0.29, 0.717) is 12.2 Å². The number of nitrogens with zero attached hydrogens (tertiary/aromatic N) is 1. The lowest BCUT2D eigenvalue weighted by Crippen LogP contribution is -2.90. The predicted octanol–water partition coefficient (Wildman–Crippen LogP) is 0.492. The van der Waals surface area contributed by atoms with Gasteiger partial charge in [0.05, 0.1) is 17.0 Å². The summed E-state index contributed by atoms with van der Waals surface area (Å²) in [7, 11) is -3.73. The van der Waals surface area contributed by atoms with Crippen molar-refractivity contribution in [3.63, 3.8) is 0 Å². The van der Waals surface area contributed by atoms with Gasteiger partial charge in [-0.25, -0.2) is 18.5 Å². The Balaban J connectivity index is 1.68. The second kappa shape index (κ2) is 7.28. The van der Waals surface area contributed by atoms with E-state index in [2.05, 4.69) is 15.9 Å². The normalized spacial score (nSPS) is 17.8. The molecular weight excluding hydrogens is 422 g/mol. The topological polar surface area (TPSA) is 114 Å². The highest BCUT2D eigenvalue weighted by atomic mass is 79.9. The van der Waals surface area contributed by atoms with Gasteiger partial charge in [-0.3, -0.25) is 9.59 Å². The Kier molecular flexibility index (Phi) is 5.24. The Hall–Kier alpha value is -2.07. The molecule has 4 N–H and O–H groups in total. The van der Waals surface area contributed by atoms with Crippen LogP contribution >= 0.6 is 15.9 Å². The van der Waals surface area contributed by atoms with E-state index < -0.39 is 16.1 Å². The summed E-state index contributed by atoms with van der Waals surface area (Å²) in [5.41, 5.74) is 1.38. The second-order valence-corrected chi connectivity index (χ2v) is 8.46. The second-order valence-electron chi connectivity index (χ2n) is 5.99. The number of anilines is 1. The van der Waals surface area contributed by atoms with Crippen LogP contribution in [0.3, 0.4) is 0 Å². The number of benzene rings is 2. The molecule has 7 nitrogen and oxygen atoms in total. The summed E-state index contributed by atoms with van der Waals surface area (Å²) >= 11 is 3.34. The highest BCUT2D eigenvalue weighted by molar-refractivity contribution is 9.10. The minimum absolute atomic E-state index is 0.0363. The Bertz CT molecular complexity index is 960. The molecule has 1 atom stereocenters. The molecule has 2 aromatic rings. The highest BCUT2D eigenvalue weighted by Gasteiger charge is 2.42. The molecule has 1 aliphatic rings. The number of nitrogens with two attached hydrogens (primary N) is 2. The lowest BCUT2D eigenvalue weighted by molar-refractivity contribution is -0.690. The van der Waals surface area contributed by atoms with Crippen LogP contribution in [0, 0.1) is 0 Å². The van der Waals surface area contributed by atoms with Crippen molar-refractivity contribution in [1.82, 2.24) is 0 Å². The number of carbonyl (C=O) groups is 2. The lowest BCUT2D eigenvalue weighted by atomic mass is 10.2. The molecule has 1 aliphatic heterocycles. The van der Waals surface area contributed by atoms with Crippen LogP contribution in [0.15, 0.2) is 57.9 Å². The average Bonchev–Trinajstić information content (AvgIpc) is 2.86. The first-order chi connectivity index (χ1) is 12.3. The summed E-state index contributed by atoms with van der Waals surface area (Å²) < 4.78 is 23.3. The van der Waals surface area contributed by atoms with Crippen molar-refractivity contribution in [1.29, 1.82) is 0 Å². The van der Waals surface area contributed by atoms with Crippen LogP contribution in [0.1, 0.15) is 12.0 Å². The summed E-state index contributed by atoms with van der Waals surface area (Å²) in [5.74, 6) is -0.492. The Morgan fingerprint density at radius 3 is 2.46 bits per heavy atom. The Labute approximate surface area is 159 Å². The van der Waals surface area contributed by atoms with E-state index in [4.69, 9.17) is 5.14 Å². The van der Waals surface area contributed by atoms with E-state index in [1.807, 2.05) is 6.07 Å². The summed E-state index contributed by atoms with van der Waals surface area (Å²) in [6, 6.07) is 12.7. The largest absolute Gasteiger partial charge is 0.332 e. The minimum Gasteiger partial charge on any atom is -0.332 e. The molecule has 3 rings (SSSR count). The molecule has 0 unspecified atom stereocenters. The van der Waals surface area contributed by atoms with Crippen LogP contribution in [0.2, 0.25) is 0 Å². The summed E-state index contributed by atoms with van der Waals surface area (Å²) in [6.07, 6.45) is 0.126. The van der Waals surface area contributed by atoms with Gasteiger partial charge in [0.25, 0.3) is 5.91 Å². The fourth-order valence-electron chi connectivity index (χ4n) is 2.82. The highest BCUT2D eigenvalue weighted by Crippen LogP contribution is 2.24. The lowest BCUT2D eigenvalue weighted by Gasteiger charge is -2.14. The number of carbonyl (C=O) groups excluding carboxylic acids is 2.